The quantitative estimate of drug-likeness (QED) is 0.693. The maximum absolute atomic E-state index is 12.5. The molecule has 0 atom stereocenters. The van der Waals surface area contributed by atoms with Gasteiger partial charge in [-0.05, 0) is 36.2 Å². The Morgan fingerprint density at radius 1 is 1.13 bits per heavy atom. The van der Waals surface area contributed by atoms with Gasteiger partial charge in [0, 0.05) is 29.7 Å². The smallest absolute Gasteiger partial charge is 0.410 e. The van der Waals surface area contributed by atoms with E-state index in [1.54, 1.807) is 33.8 Å². The summed E-state index contributed by atoms with van der Waals surface area (Å²) < 4.78 is 7.06. The fraction of sp³-hybridized carbons (Fsp3) is 0.368. The molecule has 1 aromatic heterocycles. The Kier molecular flexibility index (Phi) is 7.17. The molecule has 0 spiro atoms. The van der Waals surface area contributed by atoms with E-state index in [9.17, 15) is 14.4 Å². The first-order valence-electron chi connectivity index (χ1n) is 9.25. The molecule has 1 aromatic carbocycles. The molecule has 0 saturated heterocycles. The van der Waals surface area contributed by atoms with Crippen molar-refractivity contribution < 1.29 is 24.2 Å². The molecule has 9 nitrogen and oxygen atoms in total. The molecule has 0 unspecified atom stereocenters. The molecule has 0 saturated carbocycles. The highest BCUT2D eigenvalue weighted by Crippen LogP contribution is 2.20. The predicted octanol–water partition coefficient (Wildman–Crippen LogP) is 2.94. The Labute approximate surface area is 182 Å². The van der Waals surface area contributed by atoms with Gasteiger partial charge in [0.2, 0.25) is 0 Å². The first-order valence-corrected chi connectivity index (χ1v) is 10.0. The van der Waals surface area contributed by atoms with Gasteiger partial charge in [-0.2, -0.15) is 5.10 Å². The number of fused-ring (bicyclic) bond motifs is 1. The Hall–Kier alpha value is -2.78. The normalized spacial score (nSPS) is 13.3. The lowest BCUT2D eigenvalue weighted by Crippen LogP contribution is -2.31. The first kappa shape index (κ1) is 21.9. The summed E-state index contributed by atoms with van der Waals surface area (Å²) in [5, 5.41) is 16.3. The van der Waals surface area contributed by atoms with Crippen molar-refractivity contribution in [2.45, 2.75) is 32.5 Å². The number of aryl methyl sites for hydroxylation is 1. The number of amides is 2. The van der Waals surface area contributed by atoms with Crippen molar-refractivity contribution in [2.24, 2.45) is 0 Å². The molecule has 0 fully saturated rings. The number of carbonyl (C=O) groups is 3. The van der Waals surface area contributed by atoms with Crippen LogP contribution in [-0.2, 0) is 29.2 Å². The van der Waals surface area contributed by atoms with E-state index in [1.165, 1.54) is 0 Å². The first-order chi connectivity index (χ1) is 14.3. The number of benzene rings is 1. The summed E-state index contributed by atoms with van der Waals surface area (Å²) in [6, 6.07) is 6.54. The number of aliphatic carboxylic acids is 1. The van der Waals surface area contributed by atoms with E-state index in [4.69, 9.17) is 33.0 Å². The van der Waals surface area contributed by atoms with E-state index in [0.29, 0.717) is 40.8 Å². The van der Waals surface area contributed by atoms with Crippen molar-refractivity contribution in [3.05, 3.63) is 51.3 Å². The van der Waals surface area contributed by atoms with Gasteiger partial charge in [0.25, 0.3) is 5.91 Å². The van der Waals surface area contributed by atoms with Gasteiger partial charge in [0.05, 0.1) is 18.7 Å². The van der Waals surface area contributed by atoms with Crippen molar-refractivity contribution in [1.82, 2.24) is 20.0 Å². The highest BCUT2D eigenvalue weighted by atomic mass is 35.5. The molecular weight excluding hydrogens is 435 g/mol. The molecule has 2 aromatic rings. The molecule has 2 heterocycles. The second-order valence-corrected chi connectivity index (χ2v) is 7.62. The lowest BCUT2D eigenvalue weighted by Gasteiger charge is -2.19. The van der Waals surface area contributed by atoms with Gasteiger partial charge in [-0.25, -0.2) is 4.79 Å². The van der Waals surface area contributed by atoms with Gasteiger partial charge in [-0.15, -0.1) is 0 Å². The Morgan fingerprint density at radius 3 is 2.57 bits per heavy atom. The fourth-order valence-electron chi connectivity index (χ4n) is 3.03. The second-order valence-electron chi connectivity index (χ2n) is 6.75. The minimum Gasteiger partial charge on any atom is -0.481 e. The van der Waals surface area contributed by atoms with Crippen LogP contribution >= 0.6 is 23.2 Å². The van der Waals surface area contributed by atoms with E-state index >= 15 is 0 Å². The van der Waals surface area contributed by atoms with Crippen LogP contribution in [0.1, 0.15) is 34.6 Å². The number of aromatic nitrogens is 2. The zero-order valence-electron chi connectivity index (χ0n) is 15.9. The predicted molar refractivity (Wildman–Crippen MR) is 108 cm³/mol. The second kappa shape index (κ2) is 9.82. The molecule has 1 aliphatic rings. The van der Waals surface area contributed by atoms with E-state index in [-0.39, 0.29) is 31.8 Å². The number of rotatable bonds is 6. The summed E-state index contributed by atoms with van der Waals surface area (Å²) in [6.45, 7) is 1.32. The van der Waals surface area contributed by atoms with Crippen molar-refractivity contribution in [3.8, 4) is 0 Å². The lowest BCUT2D eigenvalue weighted by molar-refractivity contribution is -0.136. The molecule has 0 bridgehead atoms. The van der Waals surface area contributed by atoms with Crippen LogP contribution in [0.4, 0.5) is 4.79 Å². The van der Waals surface area contributed by atoms with Crippen LogP contribution in [0.5, 0.6) is 0 Å². The van der Waals surface area contributed by atoms with E-state index in [0.717, 1.165) is 0 Å². The number of nitrogens with zero attached hydrogens (tertiary/aromatic N) is 3. The molecule has 11 heteroatoms. The third-order valence-corrected chi connectivity index (χ3v) is 4.85. The topological polar surface area (TPSA) is 114 Å². The molecule has 160 valence electrons. The number of halogens is 2. The number of carboxylic acid groups (broad SMARTS) is 1. The summed E-state index contributed by atoms with van der Waals surface area (Å²) >= 11 is 11.9. The average Bonchev–Trinajstić information content (AvgIpc) is 2.96. The number of ether oxygens (including phenoxy) is 1. The van der Waals surface area contributed by atoms with Crippen LogP contribution < -0.4 is 5.32 Å². The monoisotopic (exact) mass is 454 g/mol. The summed E-state index contributed by atoms with van der Waals surface area (Å²) in [7, 11) is 0. The van der Waals surface area contributed by atoms with E-state index in [2.05, 4.69) is 10.4 Å². The number of hydrogen-bond donors (Lipinski definition) is 2. The standard InChI is InChI=1S/C19H20Cl2N4O5/c20-13-6-12(7-14(21)8-13)11-30-19(29)24-4-1-5-25-15(10-24)9-16(23-25)18(28)22-3-2-17(26)27/h6-9H,1-5,10-11H2,(H,22,28)(H,26,27). The minimum absolute atomic E-state index is 0.0162. The molecule has 2 amide bonds. The average molecular weight is 455 g/mol. The summed E-state index contributed by atoms with van der Waals surface area (Å²) in [6.07, 6.45) is -0.0166. The van der Waals surface area contributed by atoms with Crippen LogP contribution in [0.2, 0.25) is 10.0 Å². The zero-order valence-corrected chi connectivity index (χ0v) is 17.4. The highest BCUT2D eigenvalue weighted by Gasteiger charge is 2.23. The highest BCUT2D eigenvalue weighted by molar-refractivity contribution is 6.34. The number of carbonyl (C=O) groups excluding carboxylic acids is 2. The third-order valence-electron chi connectivity index (χ3n) is 4.41. The molecule has 0 radical (unpaired) electrons. The van der Waals surface area contributed by atoms with Crippen LogP contribution in [-0.4, -0.2) is 50.8 Å². The van der Waals surface area contributed by atoms with Gasteiger partial charge >= 0.3 is 12.1 Å². The molecule has 3 rings (SSSR count). The van der Waals surface area contributed by atoms with Gasteiger partial charge in [0.15, 0.2) is 5.69 Å². The lowest BCUT2D eigenvalue weighted by atomic mass is 10.2. The number of hydrogen-bond acceptors (Lipinski definition) is 5. The molecule has 30 heavy (non-hydrogen) atoms. The van der Waals surface area contributed by atoms with Gasteiger partial charge in [0.1, 0.15) is 6.61 Å². The third kappa shape index (κ3) is 5.87. The summed E-state index contributed by atoms with van der Waals surface area (Å²) in [4.78, 5) is 36.8. The fourth-order valence-corrected chi connectivity index (χ4v) is 3.60. The zero-order chi connectivity index (χ0) is 21.7. The molecular formula is C19H20Cl2N4O5. The maximum atomic E-state index is 12.5. The van der Waals surface area contributed by atoms with Gasteiger partial charge in [-0.1, -0.05) is 23.2 Å². The molecule has 1 aliphatic heterocycles. The summed E-state index contributed by atoms with van der Waals surface area (Å²) in [5.74, 6) is -1.45. The van der Waals surface area contributed by atoms with Crippen LogP contribution in [0.3, 0.4) is 0 Å². The van der Waals surface area contributed by atoms with E-state index < -0.39 is 18.0 Å². The van der Waals surface area contributed by atoms with Crippen LogP contribution in [0, 0.1) is 0 Å². The summed E-state index contributed by atoms with van der Waals surface area (Å²) in [5.41, 5.74) is 1.55. The molecule has 2 N–H and O–H groups in total. The Balaban J connectivity index is 1.60. The minimum atomic E-state index is -0.995. The maximum Gasteiger partial charge on any atom is 0.410 e. The van der Waals surface area contributed by atoms with Crippen molar-refractivity contribution in [3.63, 3.8) is 0 Å². The molecule has 0 aliphatic carbocycles. The largest absolute Gasteiger partial charge is 0.481 e. The Morgan fingerprint density at radius 2 is 1.87 bits per heavy atom. The van der Waals surface area contributed by atoms with Gasteiger partial charge < -0.3 is 20.1 Å². The van der Waals surface area contributed by atoms with Crippen molar-refractivity contribution >= 4 is 41.2 Å². The van der Waals surface area contributed by atoms with Crippen LogP contribution in [0.25, 0.3) is 0 Å². The van der Waals surface area contributed by atoms with Crippen LogP contribution in [0.15, 0.2) is 24.3 Å². The number of carboxylic acids is 1. The van der Waals surface area contributed by atoms with Crippen molar-refractivity contribution in [2.75, 3.05) is 13.1 Å². The SMILES string of the molecule is O=C(O)CCNC(=O)c1cc2n(n1)CCCN(C(=O)OCc1cc(Cl)cc(Cl)c1)C2. The van der Waals surface area contributed by atoms with Gasteiger partial charge in [-0.3, -0.25) is 14.3 Å². The van der Waals surface area contributed by atoms with E-state index in [1.807, 2.05) is 0 Å². The van der Waals surface area contributed by atoms with Crippen molar-refractivity contribution in [1.29, 1.82) is 0 Å². The number of nitrogens with one attached hydrogen (secondary N) is 1. The Bertz CT molecular complexity index is 942.